The largest absolute Gasteiger partial charge is 0.512 e. The summed E-state index contributed by atoms with van der Waals surface area (Å²) in [6, 6.07) is 25.9. The molecule has 46 heavy (non-hydrogen) atoms. The van der Waals surface area contributed by atoms with Crippen LogP contribution >= 0.6 is 11.3 Å². The molecule has 0 saturated heterocycles. The van der Waals surface area contributed by atoms with E-state index in [4.69, 9.17) is 11.5 Å². The molecule has 0 fully saturated rings. The summed E-state index contributed by atoms with van der Waals surface area (Å²) in [6.07, 6.45) is 5.51. The molecule has 239 valence electrons. The molecule has 0 amide bonds. The molecule has 5 heteroatoms. The number of aliphatic hydroxyl groups excluding tert-OH is 1. The number of hydrogen-bond donors (Lipinski definition) is 1. The average Bonchev–Trinajstić information content (AvgIpc) is 3.32. The Morgan fingerprint density at radius 2 is 1.54 bits per heavy atom. The van der Waals surface area contributed by atoms with Gasteiger partial charge in [0.1, 0.15) is 0 Å². The Morgan fingerprint density at radius 1 is 0.913 bits per heavy atom. The van der Waals surface area contributed by atoms with E-state index in [0.717, 1.165) is 33.0 Å². The van der Waals surface area contributed by atoms with Crippen molar-refractivity contribution in [3.05, 3.63) is 101 Å². The molecule has 1 N–H and O–H groups in total. The van der Waals surface area contributed by atoms with Crippen LogP contribution in [-0.2, 0) is 35.7 Å². The van der Waals surface area contributed by atoms with Crippen molar-refractivity contribution in [1.82, 2.24) is 4.98 Å². The number of pyridine rings is 1. The van der Waals surface area contributed by atoms with E-state index in [2.05, 4.69) is 82.3 Å². The number of benzene rings is 4. The van der Waals surface area contributed by atoms with E-state index >= 15 is 0 Å². The second-order valence-corrected chi connectivity index (χ2v) is 15.1. The van der Waals surface area contributed by atoms with Gasteiger partial charge in [-0.15, -0.1) is 40.5 Å². The third-order valence-corrected chi connectivity index (χ3v) is 10.4. The smallest absolute Gasteiger partial charge is 0.155 e. The number of rotatable bonds is 3. The molecule has 1 aliphatic rings. The van der Waals surface area contributed by atoms with Crippen LogP contribution in [0.3, 0.4) is 0 Å². The molecule has 0 aliphatic heterocycles. The topological polar surface area (TPSA) is 50.2 Å². The molecular formula is C41H42IrNO2S-. The molecule has 2 heterocycles. The molecule has 3 nitrogen and oxygen atoms in total. The number of ketones is 1. The number of carbonyl (C=O) groups is 1. The number of aliphatic hydroxyl groups is 1. The fraction of sp³-hybridized carbons (Fsp3) is 0.317. The molecular weight excluding hydrogens is 763 g/mol. The van der Waals surface area contributed by atoms with E-state index in [9.17, 15) is 4.79 Å². The number of nitrogens with zero attached hydrogens (tertiary/aromatic N) is 1. The van der Waals surface area contributed by atoms with Crippen molar-refractivity contribution in [2.45, 2.75) is 85.0 Å². The predicted molar refractivity (Wildman–Crippen MR) is 193 cm³/mol. The van der Waals surface area contributed by atoms with Crippen LogP contribution in [0.15, 0.2) is 78.7 Å². The first-order valence-corrected chi connectivity index (χ1v) is 16.5. The van der Waals surface area contributed by atoms with Gasteiger partial charge in [0.25, 0.3) is 0 Å². The number of fused-ring (bicyclic) bond motifs is 6. The van der Waals surface area contributed by atoms with Crippen molar-refractivity contribution in [2.75, 3.05) is 0 Å². The van der Waals surface area contributed by atoms with Crippen molar-refractivity contribution >= 4 is 58.8 Å². The maximum Gasteiger partial charge on any atom is 0.155 e. The Morgan fingerprint density at radius 3 is 2.17 bits per heavy atom. The SMILES string of the molecule is CC(=O)/C=C(/C)O.[2H]C(C)(C)c1cc(-c2nccc3cc4sc5cc6c(cc5c4cc23)C(C)(C)CCC6(C)C)[c-]c2ccccc12.[Ir]. The Kier molecular flexibility index (Phi) is 8.97. The second kappa shape index (κ2) is 12.7. The summed E-state index contributed by atoms with van der Waals surface area (Å²) in [4.78, 5) is 14.9. The van der Waals surface area contributed by atoms with Crippen LogP contribution in [0.25, 0.3) is 53.0 Å². The molecule has 2 aromatic heterocycles. The normalized spacial score (nSPS) is 16.0. The molecule has 4 aromatic carbocycles. The minimum absolute atomic E-state index is 0. The zero-order valence-electron chi connectivity index (χ0n) is 28.9. The van der Waals surface area contributed by atoms with Crippen LogP contribution in [-0.4, -0.2) is 15.9 Å². The first-order valence-electron chi connectivity index (χ1n) is 16.2. The molecule has 1 aliphatic carbocycles. The number of thiophene rings is 1. The molecule has 1 radical (unpaired) electrons. The zero-order chi connectivity index (χ0) is 33.2. The Hall–Kier alpha value is -3.37. The summed E-state index contributed by atoms with van der Waals surface area (Å²) in [5.74, 6) is -0.794. The van der Waals surface area contributed by atoms with Crippen LogP contribution < -0.4 is 0 Å². The average molecular weight is 806 g/mol. The monoisotopic (exact) mass is 806 g/mol. The fourth-order valence-corrected chi connectivity index (χ4v) is 7.94. The van der Waals surface area contributed by atoms with Crippen molar-refractivity contribution in [3.8, 4) is 11.3 Å². The van der Waals surface area contributed by atoms with Gasteiger partial charge in [0.2, 0.25) is 0 Å². The standard InChI is InChI=1S/C36H34NS.C5H8O2.Ir/c1-21(2)26-16-24(15-22-9-7-8-10-25(22)26)34-27-18-28-29-19-30-31(36(5,6)13-12-35(30,3)4)20-33(29)38-32(28)17-23(27)11-14-37-34;1-4(6)3-5(2)7;/h7-11,14,16-21H,12-13H2,1-6H3;3,6H,1-2H3;/q-1;;/b;4-3-;/i21D;;. The van der Waals surface area contributed by atoms with Gasteiger partial charge in [-0.3, -0.25) is 9.78 Å². The first kappa shape index (κ1) is 32.6. The van der Waals surface area contributed by atoms with E-state index in [1.807, 2.05) is 43.5 Å². The van der Waals surface area contributed by atoms with Gasteiger partial charge >= 0.3 is 0 Å². The van der Waals surface area contributed by atoms with Crippen molar-refractivity contribution in [3.63, 3.8) is 0 Å². The predicted octanol–water partition coefficient (Wildman–Crippen LogP) is 11.7. The number of hydrogen-bond acceptors (Lipinski definition) is 4. The molecule has 0 unspecified atom stereocenters. The zero-order valence-corrected chi connectivity index (χ0v) is 31.1. The maximum atomic E-state index is 10.0. The van der Waals surface area contributed by atoms with Crippen molar-refractivity contribution in [2.24, 2.45) is 0 Å². The van der Waals surface area contributed by atoms with E-state index in [0.29, 0.717) is 0 Å². The van der Waals surface area contributed by atoms with Crippen LogP contribution in [0.2, 0.25) is 0 Å². The van der Waals surface area contributed by atoms with Gasteiger partial charge < -0.3 is 5.11 Å². The van der Waals surface area contributed by atoms with E-state index < -0.39 is 5.89 Å². The number of aromatic nitrogens is 1. The quantitative estimate of drug-likeness (QED) is 0.110. The van der Waals surface area contributed by atoms with Gasteiger partial charge in [-0.1, -0.05) is 76.8 Å². The van der Waals surface area contributed by atoms with Crippen LogP contribution in [0.1, 0.15) is 92.2 Å². The van der Waals surface area contributed by atoms with Crippen molar-refractivity contribution < 1.29 is 31.4 Å². The minimum atomic E-state index is -0.732. The summed E-state index contributed by atoms with van der Waals surface area (Å²) in [6.45, 7) is 16.4. The summed E-state index contributed by atoms with van der Waals surface area (Å²) in [5, 5.41) is 15.5. The summed E-state index contributed by atoms with van der Waals surface area (Å²) >= 11 is 1.91. The number of carbonyl (C=O) groups excluding carboxylic acids is 1. The maximum absolute atomic E-state index is 10.0. The Bertz CT molecular complexity index is 2200. The van der Waals surface area contributed by atoms with Gasteiger partial charge in [0.05, 0.1) is 5.76 Å². The van der Waals surface area contributed by atoms with Crippen LogP contribution in [0, 0.1) is 6.07 Å². The van der Waals surface area contributed by atoms with E-state index in [-0.39, 0.29) is 42.5 Å². The molecule has 0 bridgehead atoms. The van der Waals surface area contributed by atoms with E-state index in [1.54, 1.807) is 0 Å². The summed E-state index contributed by atoms with van der Waals surface area (Å²) < 4.78 is 11.6. The van der Waals surface area contributed by atoms with E-state index in [1.165, 1.54) is 69.5 Å². The number of allylic oxidation sites excluding steroid dienone is 2. The van der Waals surface area contributed by atoms with Crippen LogP contribution in [0.5, 0.6) is 0 Å². The first-order chi connectivity index (χ1) is 21.5. The fourth-order valence-electron chi connectivity index (χ4n) is 6.78. The Balaban J connectivity index is 0.000000491. The third kappa shape index (κ3) is 6.30. The Labute approximate surface area is 291 Å². The molecule has 0 spiro atoms. The van der Waals surface area contributed by atoms with Crippen molar-refractivity contribution in [1.29, 1.82) is 0 Å². The molecule has 0 atom stereocenters. The van der Waals surface area contributed by atoms with Gasteiger partial charge in [0.15, 0.2) is 5.78 Å². The van der Waals surface area contributed by atoms with Gasteiger partial charge in [-0.05, 0) is 89.6 Å². The molecule has 7 rings (SSSR count). The molecule has 6 aromatic rings. The van der Waals surface area contributed by atoms with Gasteiger partial charge in [-0.25, -0.2) is 0 Å². The molecule has 0 saturated carbocycles. The summed E-state index contributed by atoms with van der Waals surface area (Å²) in [7, 11) is 0. The van der Waals surface area contributed by atoms with Crippen LogP contribution in [0.4, 0.5) is 0 Å². The summed E-state index contributed by atoms with van der Waals surface area (Å²) in [5.41, 5.74) is 6.29. The van der Waals surface area contributed by atoms with Gasteiger partial charge in [0, 0.05) is 59.6 Å². The van der Waals surface area contributed by atoms with Gasteiger partial charge in [-0.2, -0.15) is 0 Å². The minimum Gasteiger partial charge on any atom is -0.512 e. The second-order valence-electron chi connectivity index (χ2n) is 14.0. The third-order valence-electron chi connectivity index (χ3n) is 9.31.